The molecule has 0 radical (unpaired) electrons. The van der Waals surface area contributed by atoms with Gasteiger partial charge in [-0.1, -0.05) is 28.1 Å². The number of carbonyl (C=O) groups is 1. The van der Waals surface area contributed by atoms with Crippen LogP contribution in [0.4, 0.5) is 0 Å². The standard InChI is InChI=1S/C13H15BrO3S/c14-12-3-1-2-11(8-12)13(9-15)10-4-6-18(16,17)7-5-10/h1-3,8-10,13H,4-7H2. The molecule has 0 aliphatic carbocycles. The molecule has 0 amide bonds. The summed E-state index contributed by atoms with van der Waals surface area (Å²) in [5.74, 6) is 0.352. The van der Waals surface area contributed by atoms with Gasteiger partial charge in [-0.05, 0) is 36.5 Å². The molecule has 1 aromatic rings. The molecule has 0 N–H and O–H groups in total. The number of carbonyl (C=O) groups excluding carboxylic acids is 1. The van der Waals surface area contributed by atoms with Crippen molar-refractivity contribution in [1.29, 1.82) is 0 Å². The largest absolute Gasteiger partial charge is 0.303 e. The predicted octanol–water partition coefficient (Wildman–Crippen LogP) is 2.56. The Bertz CT molecular complexity index is 525. The van der Waals surface area contributed by atoms with E-state index in [1.807, 2.05) is 24.3 Å². The molecule has 1 heterocycles. The number of benzene rings is 1. The second-order valence-electron chi connectivity index (χ2n) is 4.71. The zero-order chi connectivity index (χ0) is 13.2. The van der Waals surface area contributed by atoms with Crippen LogP contribution in [-0.4, -0.2) is 26.2 Å². The zero-order valence-corrected chi connectivity index (χ0v) is 12.3. The average Bonchev–Trinajstić information content (AvgIpc) is 2.32. The SMILES string of the molecule is O=CC(c1cccc(Br)c1)C1CCS(=O)(=O)CC1. The monoisotopic (exact) mass is 330 g/mol. The Kier molecular flexibility index (Phi) is 4.22. The topological polar surface area (TPSA) is 51.2 Å². The summed E-state index contributed by atoms with van der Waals surface area (Å²) < 4.78 is 23.7. The fourth-order valence-corrected chi connectivity index (χ4v) is 4.39. The number of hydrogen-bond donors (Lipinski definition) is 0. The van der Waals surface area contributed by atoms with E-state index in [1.165, 1.54) is 0 Å². The summed E-state index contributed by atoms with van der Waals surface area (Å²) >= 11 is 3.39. The molecule has 1 unspecified atom stereocenters. The van der Waals surface area contributed by atoms with Gasteiger partial charge in [-0.15, -0.1) is 0 Å². The first-order valence-corrected chi connectivity index (χ1v) is 8.54. The Morgan fingerprint density at radius 2 is 1.94 bits per heavy atom. The molecule has 0 bridgehead atoms. The molecule has 2 rings (SSSR count). The smallest absolute Gasteiger partial charge is 0.150 e. The molecule has 1 aliphatic heterocycles. The molecule has 18 heavy (non-hydrogen) atoms. The first-order valence-electron chi connectivity index (χ1n) is 5.93. The fourth-order valence-electron chi connectivity index (χ4n) is 2.44. The van der Waals surface area contributed by atoms with Crippen LogP contribution >= 0.6 is 15.9 Å². The van der Waals surface area contributed by atoms with Gasteiger partial charge in [0.2, 0.25) is 0 Å². The van der Waals surface area contributed by atoms with Crippen molar-refractivity contribution in [1.82, 2.24) is 0 Å². The third-order valence-corrected chi connectivity index (χ3v) is 5.70. The molecule has 0 spiro atoms. The third-order valence-electron chi connectivity index (χ3n) is 3.49. The van der Waals surface area contributed by atoms with E-state index in [1.54, 1.807) is 0 Å². The molecule has 1 aliphatic rings. The summed E-state index contributed by atoms with van der Waals surface area (Å²) in [7, 11) is -2.87. The van der Waals surface area contributed by atoms with Crippen LogP contribution in [0.3, 0.4) is 0 Å². The Morgan fingerprint density at radius 3 is 2.50 bits per heavy atom. The quantitative estimate of drug-likeness (QED) is 0.800. The molecular weight excluding hydrogens is 316 g/mol. The molecule has 98 valence electrons. The molecular formula is C13H15BrO3S. The van der Waals surface area contributed by atoms with Crippen molar-refractivity contribution in [2.45, 2.75) is 18.8 Å². The van der Waals surface area contributed by atoms with Crippen molar-refractivity contribution in [2.24, 2.45) is 5.92 Å². The molecule has 1 atom stereocenters. The molecule has 5 heteroatoms. The summed E-state index contributed by atoms with van der Waals surface area (Å²) in [5, 5.41) is 0. The van der Waals surface area contributed by atoms with Gasteiger partial charge in [-0.3, -0.25) is 0 Å². The molecule has 1 fully saturated rings. The van der Waals surface area contributed by atoms with Crippen LogP contribution in [0.25, 0.3) is 0 Å². The first kappa shape index (κ1) is 13.7. The van der Waals surface area contributed by atoms with Gasteiger partial charge >= 0.3 is 0 Å². The lowest BCUT2D eigenvalue weighted by Crippen LogP contribution is -2.27. The van der Waals surface area contributed by atoms with Crippen LogP contribution in [0.5, 0.6) is 0 Å². The summed E-state index contributed by atoms with van der Waals surface area (Å²) in [4.78, 5) is 11.3. The van der Waals surface area contributed by atoms with E-state index in [0.29, 0.717) is 12.8 Å². The minimum Gasteiger partial charge on any atom is -0.303 e. The number of rotatable bonds is 3. The maximum atomic E-state index is 11.4. The number of hydrogen-bond acceptors (Lipinski definition) is 3. The average molecular weight is 331 g/mol. The van der Waals surface area contributed by atoms with Gasteiger partial charge in [-0.2, -0.15) is 0 Å². The summed E-state index contributed by atoms with van der Waals surface area (Å²) in [6.45, 7) is 0. The summed E-state index contributed by atoms with van der Waals surface area (Å²) in [6.07, 6.45) is 2.11. The lowest BCUT2D eigenvalue weighted by Gasteiger charge is -2.27. The van der Waals surface area contributed by atoms with E-state index < -0.39 is 9.84 Å². The van der Waals surface area contributed by atoms with Gasteiger partial charge in [0.1, 0.15) is 16.1 Å². The van der Waals surface area contributed by atoms with E-state index in [4.69, 9.17) is 0 Å². The predicted molar refractivity (Wildman–Crippen MR) is 74.3 cm³/mol. The van der Waals surface area contributed by atoms with Crippen molar-refractivity contribution in [3.63, 3.8) is 0 Å². The van der Waals surface area contributed by atoms with Crippen LogP contribution < -0.4 is 0 Å². The van der Waals surface area contributed by atoms with Crippen LogP contribution in [0.1, 0.15) is 24.3 Å². The van der Waals surface area contributed by atoms with Crippen molar-refractivity contribution < 1.29 is 13.2 Å². The molecule has 0 aromatic heterocycles. The van der Waals surface area contributed by atoms with E-state index in [0.717, 1.165) is 16.3 Å². The molecule has 1 aromatic carbocycles. The van der Waals surface area contributed by atoms with Crippen LogP contribution in [0.15, 0.2) is 28.7 Å². The van der Waals surface area contributed by atoms with Gasteiger partial charge in [0, 0.05) is 10.4 Å². The number of aldehydes is 1. The van der Waals surface area contributed by atoms with E-state index in [9.17, 15) is 13.2 Å². The van der Waals surface area contributed by atoms with E-state index in [-0.39, 0.29) is 23.3 Å². The Morgan fingerprint density at radius 1 is 1.28 bits per heavy atom. The summed E-state index contributed by atoms with van der Waals surface area (Å²) in [5.41, 5.74) is 0.962. The number of sulfone groups is 1. The van der Waals surface area contributed by atoms with Crippen LogP contribution in [-0.2, 0) is 14.6 Å². The van der Waals surface area contributed by atoms with Gasteiger partial charge in [0.25, 0.3) is 0 Å². The maximum Gasteiger partial charge on any atom is 0.150 e. The molecule has 3 nitrogen and oxygen atoms in total. The highest BCUT2D eigenvalue weighted by molar-refractivity contribution is 9.10. The van der Waals surface area contributed by atoms with Crippen LogP contribution in [0, 0.1) is 5.92 Å². The fraction of sp³-hybridized carbons (Fsp3) is 0.462. The normalized spacial score (nSPS) is 21.4. The van der Waals surface area contributed by atoms with Crippen molar-refractivity contribution in [3.8, 4) is 0 Å². The minimum absolute atomic E-state index is 0.139. The third kappa shape index (κ3) is 3.20. The molecule has 0 saturated carbocycles. The Labute approximate surface area is 116 Å². The van der Waals surface area contributed by atoms with Crippen molar-refractivity contribution in [3.05, 3.63) is 34.3 Å². The number of halogens is 1. The Balaban J connectivity index is 2.17. The van der Waals surface area contributed by atoms with E-state index >= 15 is 0 Å². The highest BCUT2D eigenvalue weighted by Crippen LogP contribution is 2.33. The van der Waals surface area contributed by atoms with Crippen molar-refractivity contribution in [2.75, 3.05) is 11.5 Å². The second-order valence-corrected chi connectivity index (χ2v) is 7.93. The highest BCUT2D eigenvalue weighted by atomic mass is 79.9. The highest BCUT2D eigenvalue weighted by Gasteiger charge is 2.30. The van der Waals surface area contributed by atoms with Gasteiger partial charge in [0.05, 0.1) is 11.5 Å². The lowest BCUT2D eigenvalue weighted by atomic mass is 9.83. The van der Waals surface area contributed by atoms with Crippen molar-refractivity contribution >= 4 is 32.1 Å². The van der Waals surface area contributed by atoms with Gasteiger partial charge in [-0.25, -0.2) is 8.42 Å². The van der Waals surface area contributed by atoms with Gasteiger partial charge in [0.15, 0.2) is 0 Å². The summed E-state index contributed by atoms with van der Waals surface area (Å²) in [6, 6.07) is 7.67. The van der Waals surface area contributed by atoms with Crippen LogP contribution in [0.2, 0.25) is 0 Å². The second kappa shape index (κ2) is 5.53. The minimum atomic E-state index is -2.87. The maximum absolute atomic E-state index is 11.4. The zero-order valence-electron chi connectivity index (χ0n) is 9.88. The van der Waals surface area contributed by atoms with E-state index in [2.05, 4.69) is 15.9 Å². The Hall–Kier alpha value is -0.680. The lowest BCUT2D eigenvalue weighted by molar-refractivity contribution is -0.110. The van der Waals surface area contributed by atoms with Gasteiger partial charge < -0.3 is 4.79 Å². The first-order chi connectivity index (χ1) is 8.52. The molecule has 1 saturated heterocycles.